The van der Waals surface area contributed by atoms with Crippen LogP contribution in [-0.4, -0.2) is 43.4 Å². The Bertz CT molecular complexity index is 382. The highest BCUT2D eigenvalue weighted by Gasteiger charge is 2.29. The average Bonchev–Trinajstić information content (AvgIpc) is 2.77. The summed E-state index contributed by atoms with van der Waals surface area (Å²) in [5, 5.41) is 12.2. The Balaban J connectivity index is 1.95. The fraction of sp³-hybridized carbons (Fsp3) is 0.571. The number of nitrogens with zero attached hydrogens (tertiary/aromatic N) is 1. The van der Waals surface area contributed by atoms with E-state index in [2.05, 4.69) is 10.2 Å². The summed E-state index contributed by atoms with van der Waals surface area (Å²) in [5.74, 6) is 0. The summed E-state index contributed by atoms with van der Waals surface area (Å²) in [4.78, 5) is 2.34. The average molecular weight is 264 g/mol. The number of hydrogen-bond donors (Lipinski definition) is 4. The van der Waals surface area contributed by atoms with E-state index in [9.17, 15) is 0 Å². The summed E-state index contributed by atoms with van der Waals surface area (Å²) >= 11 is 0. The van der Waals surface area contributed by atoms with E-state index in [0.717, 1.165) is 38.2 Å². The molecule has 0 spiro atoms. The monoisotopic (exact) mass is 264 g/mol. The number of nitrogen functional groups attached to an aromatic ring is 1. The lowest BCUT2D eigenvalue weighted by Crippen LogP contribution is -2.38. The molecule has 1 aromatic rings. The highest BCUT2D eigenvalue weighted by molar-refractivity contribution is 5.54. The van der Waals surface area contributed by atoms with Gasteiger partial charge in [-0.15, -0.1) is 0 Å². The van der Waals surface area contributed by atoms with E-state index in [-0.39, 0.29) is 12.6 Å². The Hall–Kier alpha value is -1.30. The quantitative estimate of drug-likeness (QED) is 0.434. The van der Waals surface area contributed by atoms with Crippen molar-refractivity contribution in [3.05, 3.63) is 24.3 Å². The van der Waals surface area contributed by atoms with Crippen molar-refractivity contribution in [1.29, 1.82) is 0 Å². The van der Waals surface area contributed by atoms with Gasteiger partial charge < -0.3 is 26.8 Å². The standard InChI is InChI=1S/C14H24N4O/c15-11-2-4-13(5-3-11)18-10-12(16)8-14(18)9-17-6-1-7-19/h2-5,12,14,17,19H,1,6-10,15-16H2. The molecule has 0 radical (unpaired) electrons. The van der Waals surface area contributed by atoms with E-state index >= 15 is 0 Å². The normalized spacial score (nSPS) is 22.9. The number of hydrogen-bond acceptors (Lipinski definition) is 5. The maximum atomic E-state index is 8.77. The van der Waals surface area contributed by atoms with Crippen LogP contribution in [-0.2, 0) is 0 Å². The van der Waals surface area contributed by atoms with Crippen molar-refractivity contribution in [3.8, 4) is 0 Å². The maximum Gasteiger partial charge on any atom is 0.0443 e. The molecule has 2 unspecified atom stereocenters. The summed E-state index contributed by atoms with van der Waals surface area (Å²) in [7, 11) is 0. The summed E-state index contributed by atoms with van der Waals surface area (Å²) in [5.41, 5.74) is 13.8. The zero-order chi connectivity index (χ0) is 13.7. The van der Waals surface area contributed by atoms with Gasteiger partial charge in [0.15, 0.2) is 0 Å². The maximum absolute atomic E-state index is 8.77. The SMILES string of the molecule is Nc1ccc(N2CC(N)CC2CNCCCO)cc1. The molecule has 1 aromatic carbocycles. The van der Waals surface area contributed by atoms with Crippen LogP contribution in [0.25, 0.3) is 0 Å². The van der Waals surface area contributed by atoms with Crippen LogP contribution in [0.4, 0.5) is 11.4 Å². The van der Waals surface area contributed by atoms with Crippen LogP contribution in [0.2, 0.25) is 0 Å². The number of rotatable bonds is 6. The van der Waals surface area contributed by atoms with Crippen LogP contribution < -0.4 is 21.7 Å². The third-order valence-corrected chi connectivity index (χ3v) is 3.56. The molecule has 1 fully saturated rings. The van der Waals surface area contributed by atoms with Crippen molar-refractivity contribution >= 4 is 11.4 Å². The molecule has 5 nitrogen and oxygen atoms in total. The molecule has 5 heteroatoms. The summed E-state index contributed by atoms with van der Waals surface area (Å²) in [6.45, 7) is 2.87. The van der Waals surface area contributed by atoms with Gasteiger partial charge in [0.25, 0.3) is 0 Å². The third-order valence-electron chi connectivity index (χ3n) is 3.56. The highest BCUT2D eigenvalue weighted by atomic mass is 16.3. The number of benzene rings is 1. The number of aliphatic hydroxyl groups is 1. The van der Waals surface area contributed by atoms with E-state index in [1.54, 1.807) is 0 Å². The van der Waals surface area contributed by atoms with Gasteiger partial charge >= 0.3 is 0 Å². The Morgan fingerprint density at radius 3 is 2.74 bits per heavy atom. The van der Waals surface area contributed by atoms with E-state index in [0.29, 0.717) is 6.04 Å². The van der Waals surface area contributed by atoms with Crippen LogP contribution >= 0.6 is 0 Å². The molecule has 2 rings (SSSR count). The molecule has 106 valence electrons. The van der Waals surface area contributed by atoms with Crippen molar-refractivity contribution in [3.63, 3.8) is 0 Å². The van der Waals surface area contributed by atoms with Crippen LogP contribution in [0.3, 0.4) is 0 Å². The second kappa shape index (κ2) is 6.75. The van der Waals surface area contributed by atoms with Gasteiger partial charge in [-0.1, -0.05) is 0 Å². The van der Waals surface area contributed by atoms with Crippen molar-refractivity contribution in [2.45, 2.75) is 24.9 Å². The minimum absolute atomic E-state index is 0.224. The fourth-order valence-electron chi connectivity index (χ4n) is 2.60. The zero-order valence-electron chi connectivity index (χ0n) is 11.3. The molecule has 0 saturated carbocycles. The topological polar surface area (TPSA) is 87.5 Å². The van der Waals surface area contributed by atoms with Gasteiger partial charge in [0.2, 0.25) is 0 Å². The Morgan fingerprint density at radius 1 is 1.32 bits per heavy atom. The van der Waals surface area contributed by atoms with Gasteiger partial charge in [-0.3, -0.25) is 0 Å². The summed E-state index contributed by atoms with van der Waals surface area (Å²) in [6, 6.07) is 8.59. The molecular weight excluding hydrogens is 240 g/mol. The number of aliphatic hydroxyl groups excluding tert-OH is 1. The predicted molar refractivity (Wildman–Crippen MR) is 79.2 cm³/mol. The lowest BCUT2D eigenvalue weighted by atomic mass is 10.1. The molecule has 0 aromatic heterocycles. The molecule has 0 bridgehead atoms. The second-order valence-electron chi connectivity index (χ2n) is 5.17. The first kappa shape index (κ1) is 14.1. The summed E-state index contributed by atoms with van der Waals surface area (Å²) < 4.78 is 0. The van der Waals surface area contributed by atoms with Gasteiger partial charge in [-0.05, 0) is 43.7 Å². The fourth-order valence-corrected chi connectivity index (χ4v) is 2.60. The number of nitrogens with two attached hydrogens (primary N) is 2. The minimum Gasteiger partial charge on any atom is -0.399 e. The van der Waals surface area contributed by atoms with Crippen LogP contribution in [0.1, 0.15) is 12.8 Å². The summed E-state index contributed by atoms with van der Waals surface area (Å²) in [6.07, 6.45) is 1.79. The number of anilines is 2. The lowest BCUT2D eigenvalue weighted by Gasteiger charge is -2.27. The molecule has 0 aliphatic carbocycles. The molecule has 1 aliphatic rings. The van der Waals surface area contributed by atoms with Gasteiger partial charge in [-0.2, -0.15) is 0 Å². The largest absolute Gasteiger partial charge is 0.399 e. The molecular formula is C14H24N4O. The zero-order valence-corrected chi connectivity index (χ0v) is 11.3. The molecule has 6 N–H and O–H groups in total. The Morgan fingerprint density at radius 2 is 2.05 bits per heavy atom. The smallest absolute Gasteiger partial charge is 0.0443 e. The Kier molecular flexibility index (Phi) is 5.01. The minimum atomic E-state index is 0.224. The van der Waals surface area contributed by atoms with Crippen molar-refractivity contribution < 1.29 is 5.11 Å². The molecule has 1 aliphatic heterocycles. The van der Waals surface area contributed by atoms with Crippen LogP contribution in [0.5, 0.6) is 0 Å². The second-order valence-corrected chi connectivity index (χ2v) is 5.17. The lowest BCUT2D eigenvalue weighted by molar-refractivity contribution is 0.285. The molecule has 2 atom stereocenters. The van der Waals surface area contributed by atoms with Gasteiger partial charge in [0.05, 0.1) is 0 Å². The van der Waals surface area contributed by atoms with Gasteiger partial charge in [0.1, 0.15) is 0 Å². The number of nitrogens with one attached hydrogen (secondary N) is 1. The van der Waals surface area contributed by atoms with Crippen LogP contribution in [0.15, 0.2) is 24.3 Å². The predicted octanol–water partition coefficient (Wildman–Crippen LogP) is 0.147. The molecule has 1 saturated heterocycles. The van der Waals surface area contributed by atoms with Crippen molar-refractivity contribution in [1.82, 2.24) is 5.32 Å². The van der Waals surface area contributed by atoms with E-state index in [1.807, 2.05) is 24.3 Å². The van der Waals surface area contributed by atoms with Gasteiger partial charge in [-0.25, -0.2) is 0 Å². The van der Waals surface area contributed by atoms with E-state index in [1.165, 1.54) is 5.69 Å². The van der Waals surface area contributed by atoms with Crippen molar-refractivity contribution in [2.24, 2.45) is 5.73 Å². The van der Waals surface area contributed by atoms with Crippen molar-refractivity contribution in [2.75, 3.05) is 36.9 Å². The first-order chi connectivity index (χ1) is 9.20. The molecule has 19 heavy (non-hydrogen) atoms. The first-order valence-electron chi connectivity index (χ1n) is 6.90. The third kappa shape index (κ3) is 3.83. The van der Waals surface area contributed by atoms with E-state index < -0.39 is 0 Å². The van der Waals surface area contributed by atoms with Crippen LogP contribution in [0, 0.1) is 0 Å². The van der Waals surface area contributed by atoms with Gasteiger partial charge in [0, 0.05) is 43.2 Å². The Labute approximate surface area is 114 Å². The first-order valence-corrected chi connectivity index (χ1v) is 6.90. The highest BCUT2D eigenvalue weighted by Crippen LogP contribution is 2.25. The molecule has 1 heterocycles. The van der Waals surface area contributed by atoms with E-state index in [4.69, 9.17) is 16.6 Å². The molecule has 0 amide bonds.